The Hall–Kier alpha value is -3.64. The summed E-state index contributed by atoms with van der Waals surface area (Å²) in [5, 5.41) is 9.75. The van der Waals surface area contributed by atoms with Gasteiger partial charge in [-0.2, -0.15) is 5.26 Å². The highest BCUT2D eigenvalue weighted by Crippen LogP contribution is 2.45. The number of hydrogen-bond acceptors (Lipinski definition) is 3. The summed E-state index contributed by atoms with van der Waals surface area (Å²) in [7, 11) is 0. The van der Waals surface area contributed by atoms with Crippen molar-refractivity contribution in [3.63, 3.8) is 0 Å². The van der Waals surface area contributed by atoms with Crippen molar-refractivity contribution >= 4 is 11.9 Å². The van der Waals surface area contributed by atoms with E-state index >= 15 is 0 Å². The standard InChI is InChI=1S/C26H20N2O/c27-17-22-16-24(28-15-14-20-8-4-5-9-23(20)25(22)28)26(29)21-12-10-19(11-13-21)18-6-2-1-3-7-18/h1-15,22,24-25H,16H2. The molecule has 5 rings (SSSR count). The molecule has 1 fully saturated rings. The van der Waals surface area contributed by atoms with Crippen LogP contribution in [0.25, 0.3) is 17.2 Å². The van der Waals surface area contributed by atoms with Crippen LogP contribution in [0.4, 0.5) is 0 Å². The number of fused-ring (bicyclic) bond motifs is 3. The molecule has 0 bridgehead atoms. The third kappa shape index (κ3) is 2.94. The van der Waals surface area contributed by atoms with Crippen molar-refractivity contribution in [2.45, 2.75) is 18.5 Å². The van der Waals surface area contributed by atoms with Crippen LogP contribution in [0, 0.1) is 17.2 Å². The molecule has 3 atom stereocenters. The first kappa shape index (κ1) is 17.5. The molecule has 0 saturated carbocycles. The van der Waals surface area contributed by atoms with Crippen LogP contribution in [0.2, 0.25) is 0 Å². The second-order valence-electron chi connectivity index (χ2n) is 7.63. The minimum absolute atomic E-state index is 0.0567. The van der Waals surface area contributed by atoms with Gasteiger partial charge in [-0.05, 0) is 34.8 Å². The number of nitrogens with zero attached hydrogens (tertiary/aromatic N) is 2. The number of benzene rings is 3. The van der Waals surface area contributed by atoms with Gasteiger partial charge in [0.05, 0.1) is 24.1 Å². The second kappa shape index (κ2) is 7.07. The van der Waals surface area contributed by atoms with Crippen molar-refractivity contribution in [1.29, 1.82) is 5.26 Å². The summed E-state index contributed by atoms with van der Waals surface area (Å²) in [6.07, 6.45) is 4.59. The molecule has 2 heterocycles. The molecule has 3 aromatic carbocycles. The van der Waals surface area contributed by atoms with Gasteiger partial charge in [-0.25, -0.2) is 0 Å². The molecular formula is C26H20N2O. The van der Waals surface area contributed by atoms with E-state index in [0.29, 0.717) is 12.0 Å². The number of hydrogen-bond donors (Lipinski definition) is 0. The fourth-order valence-corrected chi connectivity index (χ4v) is 4.58. The van der Waals surface area contributed by atoms with Gasteiger partial charge in [-0.3, -0.25) is 4.79 Å². The molecule has 0 aromatic heterocycles. The zero-order valence-electron chi connectivity index (χ0n) is 15.9. The normalized spacial score (nSPS) is 21.9. The molecule has 3 heteroatoms. The Kier molecular flexibility index (Phi) is 4.26. The molecular weight excluding hydrogens is 356 g/mol. The summed E-state index contributed by atoms with van der Waals surface area (Å²) in [5.41, 5.74) is 5.19. The topological polar surface area (TPSA) is 44.1 Å². The zero-order valence-corrected chi connectivity index (χ0v) is 15.9. The van der Waals surface area contributed by atoms with Gasteiger partial charge in [0.2, 0.25) is 0 Å². The van der Waals surface area contributed by atoms with Crippen LogP contribution >= 0.6 is 0 Å². The van der Waals surface area contributed by atoms with Crippen LogP contribution in [-0.2, 0) is 0 Å². The van der Waals surface area contributed by atoms with E-state index in [2.05, 4.69) is 35.2 Å². The fourth-order valence-electron chi connectivity index (χ4n) is 4.58. The van der Waals surface area contributed by atoms with Crippen LogP contribution in [-0.4, -0.2) is 16.7 Å². The average Bonchev–Trinajstić information content (AvgIpc) is 3.18. The Balaban J connectivity index is 1.44. The van der Waals surface area contributed by atoms with E-state index in [9.17, 15) is 10.1 Å². The van der Waals surface area contributed by atoms with E-state index in [-0.39, 0.29) is 23.8 Å². The second-order valence-corrected chi connectivity index (χ2v) is 7.63. The maximum Gasteiger partial charge on any atom is 0.185 e. The molecule has 0 amide bonds. The molecule has 3 aromatic rings. The highest BCUT2D eigenvalue weighted by molar-refractivity contribution is 6.01. The number of Topliss-reactive ketones (excluding diaryl/α,β-unsaturated/α-hetero) is 1. The Labute approximate surface area is 170 Å². The Morgan fingerprint density at radius 1 is 0.897 bits per heavy atom. The van der Waals surface area contributed by atoms with Gasteiger partial charge >= 0.3 is 0 Å². The average molecular weight is 376 g/mol. The van der Waals surface area contributed by atoms with Gasteiger partial charge in [0.1, 0.15) is 0 Å². The van der Waals surface area contributed by atoms with E-state index in [4.69, 9.17) is 0 Å². The van der Waals surface area contributed by atoms with E-state index in [1.165, 1.54) is 0 Å². The number of carbonyl (C=O) groups excluding carboxylic acids is 1. The van der Waals surface area contributed by atoms with Gasteiger partial charge in [0.25, 0.3) is 0 Å². The van der Waals surface area contributed by atoms with Crippen LogP contribution in [0.5, 0.6) is 0 Å². The number of rotatable bonds is 3. The Morgan fingerprint density at radius 3 is 2.34 bits per heavy atom. The van der Waals surface area contributed by atoms with Crippen molar-refractivity contribution in [3.8, 4) is 17.2 Å². The number of ketones is 1. The van der Waals surface area contributed by atoms with Crippen LogP contribution in [0.3, 0.4) is 0 Å². The molecule has 2 aliphatic rings. The van der Waals surface area contributed by atoms with Crippen molar-refractivity contribution < 1.29 is 4.79 Å². The maximum atomic E-state index is 13.3. The SMILES string of the molecule is N#CC1CC(C(=O)c2ccc(-c3ccccc3)cc2)N2C=Cc3ccccc3C12. The fraction of sp³-hybridized carbons (Fsp3) is 0.154. The summed E-state index contributed by atoms with van der Waals surface area (Å²) in [6.45, 7) is 0. The molecule has 3 nitrogen and oxygen atoms in total. The molecule has 140 valence electrons. The Morgan fingerprint density at radius 2 is 1.59 bits per heavy atom. The molecule has 0 aliphatic carbocycles. The van der Waals surface area contributed by atoms with Gasteiger partial charge in [-0.1, -0.05) is 78.9 Å². The highest BCUT2D eigenvalue weighted by Gasteiger charge is 2.45. The van der Waals surface area contributed by atoms with E-state index in [0.717, 1.165) is 22.3 Å². The van der Waals surface area contributed by atoms with Gasteiger partial charge in [0.15, 0.2) is 5.78 Å². The van der Waals surface area contributed by atoms with Crippen LogP contribution < -0.4 is 0 Å². The van der Waals surface area contributed by atoms with Gasteiger partial charge < -0.3 is 4.90 Å². The quantitative estimate of drug-likeness (QED) is 0.569. The van der Waals surface area contributed by atoms with Crippen molar-refractivity contribution in [1.82, 2.24) is 4.90 Å². The third-order valence-corrected chi connectivity index (χ3v) is 6.03. The minimum atomic E-state index is -0.308. The lowest BCUT2D eigenvalue weighted by molar-refractivity contribution is 0.0885. The predicted octanol–water partition coefficient (Wildman–Crippen LogP) is 5.48. The maximum absolute atomic E-state index is 13.3. The summed E-state index contributed by atoms with van der Waals surface area (Å²) in [4.78, 5) is 15.4. The lowest BCUT2D eigenvalue weighted by Crippen LogP contribution is -2.35. The number of carbonyl (C=O) groups is 1. The molecule has 0 N–H and O–H groups in total. The van der Waals surface area contributed by atoms with Gasteiger partial charge in [-0.15, -0.1) is 0 Å². The molecule has 29 heavy (non-hydrogen) atoms. The molecule has 2 aliphatic heterocycles. The van der Waals surface area contributed by atoms with E-state index in [1.54, 1.807) is 0 Å². The minimum Gasteiger partial charge on any atom is -0.359 e. The highest BCUT2D eigenvalue weighted by atomic mass is 16.1. The van der Waals surface area contributed by atoms with Crippen LogP contribution in [0.15, 0.2) is 85.1 Å². The van der Waals surface area contributed by atoms with E-state index < -0.39 is 0 Å². The largest absolute Gasteiger partial charge is 0.359 e. The first-order chi connectivity index (χ1) is 14.3. The van der Waals surface area contributed by atoms with Gasteiger partial charge in [0, 0.05) is 11.8 Å². The molecule has 3 unspecified atom stereocenters. The Bertz CT molecular complexity index is 1130. The van der Waals surface area contributed by atoms with Crippen LogP contribution in [0.1, 0.15) is 33.9 Å². The molecule has 1 saturated heterocycles. The number of nitriles is 1. The third-order valence-electron chi connectivity index (χ3n) is 6.03. The zero-order chi connectivity index (χ0) is 19.8. The summed E-state index contributed by atoms with van der Waals surface area (Å²) >= 11 is 0. The lowest BCUT2D eigenvalue weighted by Gasteiger charge is -2.33. The smallest absolute Gasteiger partial charge is 0.185 e. The van der Waals surface area contributed by atoms with Crippen molar-refractivity contribution in [2.75, 3.05) is 0 Å². The summed E-state index contributed by atoms with van der Waals surface area (Å²) in [5.74, 6) is -0.116. The molecule has 0 spiro atoms. The molecule has 0 radical (unpaired) electrons. The first-order valence-corrected chi connectivity index (χ1v) is 9.90. The first-order valence-electron chi connectivity index (χ1n) is 9.90. The predicted molar refractivity (Wildman–Crippen MR) is 114 cm³/mol. The monoisotopic (exact) mass is 376 g/mol. The lowest BCUT2D eigenvalue weighted by atomic mass is 9.89. The van der Waals surface area contributed by atoms with E-state index in [1.807, 2.05) is 66.9 Å². The summed E-state index contributed by atoms with van der Waals surface area (Å²) in [6, 6.07) is 28.2. The summed E-state index contributed by atoms with van der Waals surface area (Å²) < 4.78 is 0. The van der Waals surface area contributed by atoms with Crippen molar-refractivity contribution in [3.05, 3.63) is 102 Å². The van der Waals surface area contributed by atoms with Crippen molar-refractivity contribution in [2.24, 2.45) is 5.92 Å².